The van der Waals surface area contributed by atoms with E-state index >= 15 is 0 Å². The van der Waals surface area contributed by atoms with Crippen molar-refractivity contribution in [2.24, 2.45) is 5.41 Å². The van der Waals surface area contributed by atoms with E-state index in [4.69, 9.17) is 10.00 Å². The average Bonchev–Trinajstić information content (AvgIpc) is 2.37. The monoisotopic (exact) mass is 247 g/mol. The molecule has 0 unspecified atom stereocenters. The van der Waals surface area contributed by atoms with Gasteiger partial charge in [-0.3, -0.25) is 0 Å². The summed E-state index contributed by atoms with van der Waals surface area (Å²) >= 11 is 0. The molecule has 1 aromatic carbocycles. The summed E-state index contributed by atoms with van der Waals surface area (Å²) in [6.07, 6.45) is 0. The Morgan fingerprint density at radius 2 is 2.22 bits per heavy atom. The highest BCUT2D eigenvalue weighted by molar-refractivity contribution is 5.89. The number of anilines is 1. The minimum Gasteiger partial charge on any atom is -0.497 e. The van der Waals surface area contributed by atoms with Crippen molar-refractivity contribution < 1.29 is 9.53 Å². The first-order valence-electron chi connectivity index (χ1n) is 5.57. The normalized spacial score (nSPS) is 10.3. The molecular weight excluding hydrogens is 230 g/mol. The number of benzene rings is 1. The fraction of sp³-hybridized carbons (Fsp3) is 0.385. The fourth-order valence-electron chi connectivity index (χ4n) is 1.22. The molecule has 2 N–H and O–H groups in total. The summed E-state index contributed by atoms with van der Waals surface area (Å²) in [6.45, 7) is 3.82. The molecule has 0 saturated carbocycles. The Bertz CT molecular complexity index is 464. The molecule has 5 heteroatoms. The van der Waals surface area contributed by atoms with Crippen LogP contribution in [0.15, 0.2) is 24.3 Å². The molecule has 1 rings (SSSR count). The number of ether oxygens (including phenoxy) is 1. The predicted molar refractivity (Wildman–Crippen MR) is 69.4 cm³/mol. The van der Waals surface area contributed by atoms with Crippen molar-refractivity contribution in [1.29, 1.82) is 5.26 Å². The van der Waals surface area contributed by atoms with Crippen molar-refractivity contribution in [2.45, 2.75) is 13.8 Å². The zero-order valence-corrected chi connectivity index (χ0v) is 10.8. The molecular formula is C13H17N3O2. The largest absolute Gasteiger partial charge is 0.497 e. The van der Waals surface area contributed by atoms with Gasteiger partial charge in [0.15, 0.2) is 0 Å². The number of carbonyl (C=O) groups is 1. The zero-order valence-electron chi connectivity index (χ0n) is 10.8. The predicted octanol–water partition coefficient (Wildman–Crippen LogP) is 2.37. The maximum atomic E-state index is 11.6. The van der Waals surface area contributed by atoms with Crippen molar-refractivity contribution in [1.82, 2.24) is 5.32 Å². The standard InChI is InChI=1S/C13H17N3O2/c1-13(2,8-14)9-15-12(17)16-10-5-4-6-11(7-10)18-3/h4-7H,9H2,1-3H3,(H2,15,16,17). The summed E-state index contributed by atoms with van der Waals surface area (Å²) in [6, 6.07) is 8.83. The topological polar surface area (TPSA) is 74.2 Å². The van der Waals surface area contributed by atoms with Gasteiger partial charge < -0.3 is 15.4 Å². The van der Waals surface area contributed by atoms with E-state index in [9.17, 15) is 4.79 Å². The smallest absolute Gasteiger partial charge is 0.319 e. The van der Waals surface area contributed by atoms with Crippen LogP contribution in [0.4, 0.5) is 10.5 Å². The molecule has 0 saturated heterocycles. The highest BCUT2D eigenvalue weighted by Crippen LogP contribution is 2.16. The lowest BCUT2D eigenvalue weighted by Gasteiger charge is -2.16. The van der Waals surface area contributed by atoms with Crippen LogP contribution < -0.4 is 15.4 Å². The number of nitrogens with zero attached hydrogens (tertiary/aromatic N) is 1. The lowest BCUT2D eigenvalue weighted by molar-refractivity contribution is 0.249. The molecule has 0 aliphatic rings. The van der Waals surface area contributed by atoms with E-state index in [-0.39, 0.29) is 6.03 Å². The van der Waals surface area contributed by atoms with Gasteiger partial charge in [-0.25, -0.2) is 4.79 Å². The lowest BCUT2D eigenvalue weighted by atomic mass is 9.96. The first-order chi connectivity index (χ1) is 8.46. The molecule has 0 bridgehead atoms. The van der Waals surface area contributed by atoms with Gasteiger partial charge in [-0.15, -0.1) is 0 Å². The van der Waals surface area contributed by atoms with E-state index in [0.717, 1.165) is 0 Å². The molecule has 2 amide bonds. The van der Waals surface area contributed by atoms with Crippen LogP contribution in [0.25, 0.3) is 0 Å². The Balaban J connectivity index is 2.52. The molecule has 0 radical (unpaired) electrons. The third-order valence-electron chi connectivity index (χ3n) is 2.32. The number of amides is 2. The second-order valence-electron chi connectivity index (χ2n) is 4.54. The number of rotatable bonds is 4. The van der Waals surface area contributed by atoms with Gasteiger partial charge in [0, 0.05) is 18.3 Å². The Labute approximate surface area is 107 Å². The second-order valence-corrected chi connectivity index (χ2v) is 4.54. The lowest BCUT2D eigenvalue weighted by Crippen LogP contribution is -2.36. The van der Waals surface area contributed by atoms with Gasteiger partial charge in [0.2, 0.25) is 0 Å². The molecule has 0 heterocycles. The quantitative estimate of drug-likeness (QED) is 0.857. The summed E-state index contributed by atoms with van der Waals surface area (Å²) in [7, 11) is 1.56. The van der Waals surface area contributed by atoms with Gasteiger partial charge >= 0.3 is 6.03 Å². The first-order valence-corrected chi connectivity index (χ1v) is 5.57. The van der Waals surface area contributed by atoms with E-state index in [0.29, 0.717) is 18.0 Å². The summed E-state index contributed by atoms with van der Waals surface area (Å²) in [5, 5.41) is 14.1. The molecule has 0 aromatic heterocycles. The molecule has 18 heavy (non-hydrogen) atoms. The van der Waals surface area contributed by atoms with E-state index in [1.807, 2.05) is 0 Å². The number of nitrogens with one attached hydrogen (secondary N) is 2. The minimum atomic E-state index is -0.578. The van der Waals surface area contributed by atoms with Crippen molar-refractivity contribution in [3.05, 3.63) is 24.3 Å². The van der Waals surface area contributed by atoms with Crippen LogP contribution in [-0.4, -0.2) is 19.7 Å². The van der Waals surface area contributed by atoms with E-state index in [1.54, 1.807) is 45.2 Å². The molecule has 5 nitrogen and oxygen atoms in total. The Morgan fingerprint density at radius 3 is 2.83 bits per heavy atom. The number of methoxy groups -OCH3 is 1. The van der Waals surface area contributed by atoms with E-state index < -0.39 is 5.41 Å². The molecule has 0 fully saturated rings. The third kappa shape index (κ3) is 4.34. The SMILES string of the molecule is COc1cccc(NC(=O)NCC(C)(C)C#N)c1. The van der Waals surface area contributed by atoms with Gasteiger partial charge in [-0.2, -0.15) is 5.26 Å². The Kier molecular flexibility index (Phi) is 4.55. The van der Waals surface area contributed by atoms with Crippen molar-refractivity contribution >= 4 is 11.7 Å². The van der Waals surface area contributed by atoms with Gasteiger partial charge in [-0.05, 0) is 26.0 Å². The van der Waals surface area contributed by atoms with E-state index in [1.165, 1.54) is 0 Å². The second kappa shape index (κ2) is 5.92. The molecule has 0 atom stereocenters. The molecule has 0 aliphatic carbocycles. The van der Waals surface area contributed by atoms with Crippen LogP contribution in [-0.2, 0) is 0 Å². The highest BCUT2D eigenvalue weighted by Gasteiger charge is 2.17. The molecule has 1 aromatic rings. The van der Waals surface area contributed by atoms with Gasteiger partial charge in [-0.1, -0.05) is 6.07 Å². The third-order valence-corrected chi connectivity index (χ3v) is 2.32. The number of hydrogen-bond donors (Lipinski definition) is 2. The van der Waals surface area contributed by atoms with Crippen molar-refractivity contribution in [2.75, 3.05) is 19.0 Å². The van der Waals surface area contributed by atoms with Crippen LogP contribution >= 0.6 is 0 Å². The van der Waals surface area contributed by atoms with Crippen LogP contribution in [0.1, 0.15) is 13.8 Å². The van der Waals surface area contributed by atoms with Gasteiger partial charge in [0.1, 0.15) is 5.75 Å². The van der Waals surface area contributed by atoms with Gasteiger partial charge in [0.05, 0.1) is 18.6 Å². The summed E-state index contributed by atoms with van der Waals surface area (Å²) in [5.74, 6) is 0.671. The number of urea groups is 1. The average molecular weight is 247 g/mol. The van der Waals surface area contributed by atoms with Crippen molar-refractivity contribution in [3.63, 3.8) is 0 Å². The van der Waals surface area contributed by atoms with Crippen LogP contribution in [0.2, 0.25) is 0 Å². The molecule has 96 valence electrons. The fourth-order valence-corrected chi connectivity index (χ4v) is 1.22. The molecule has 0 spiro atoms. The van der Waals surface area contributed by atoms with Crippen molar-refractivity contribution in [3.8, 4) is 11.8 Å². The van der Waals surface area contributed by atoms with E-state index in [2.05, 4.69) is 16.7 Å². The Morgan fingerprint density at radius 1 is 1.50 bits per heavy atom. The maximum absolute atomic E-state index is 11.6. The summed E-state index contributed by atoms with van der Waals surface area (Å²) in [4.78, 5) is 11.6. The van der Waals surface area contributed by atoms with Crippen LogP contribution in [0.3, 0.4) is 0 Å². The number of nitriles is 1. The summed E-state index contributed by atoms with van der Waals surface area (Å²) in [5.41, 5.74) is 0.0627. The van der Waals surface area contributed by atoms with Gasteiger partial charge in [0.25, 0.3) is 0 Å². The first kappa shape index (κ1) is 13.8. The number of carbonyl (C=O) groups excluding carboxylic acids is 1. The van der Waals surface area contributed by atoms with Crippen LogP contribution in [0.5, 0.6) is 5.75 Å². The Hall–Kier alpha value is -2.22. The maximum Gasteiger partial charge on any atom is 0.319 e. The molecule has 0 aliphatic heterocycles. The zero-order chi connectivity index (χ0) is 13.6. The summed E-state index contributed by atoms with van der Waals surface area (Å²) < 4.78 is 5.05. The minimum absolute atomic E-state index is 0.291. The highest BCUT2D eigenvalue weighted by atomic mass is 16.5. The number of hydrogen-bond acceptors (Lipinski definition) is 3. The van der Waals surface area contributed by atoms with Crippen LogP contribution in [0, 0.1) is 16.7 Å².